The van der Waals surface area contributed by atoms with Gasteiger partial charge in [0.2, 0.25) is 5.91 Å². The molecular formula is C23H23ClN4O3S. The van der Waals surface area contributed by atoms with Gasteiger partial charge in [-0.3, -0.25) is 9.36 Å². The molecule has 0 unspecified atom stereocenters. The van der Waals surface area contributed by atoms with Gasteiger partial charge in [-0.25, -0.2) is 0 Å². The van der Waals surface area contributed by atoms with Crippen molar-refractivity contribution in [3.8, 4) is 17.2 Å². The van der Waals surface area contributed by atoms with Crippen LogP contribution in [-0.4, -0.2) is 40.6 Å². The first kappa shape index (κ1) is 23.4. The first-order chi connectivity index (χ1) is 15.5. The smallest absolute Gasteiger partial charge is 0.244 e. The van der Waals surface area contributed by atoms with Crippen molar-refractivity contribution in [1.29, 1.82) is 0 Å². The Hall–Kier alpha value is -3.23. The zero-order valence-corrected chi connectivity index (χ0v) is 19.3. The van der Waals surface area contributed by atoms with Crippen molar-refractivity contribution in [3.63, 3.8) is 0 Å². The SMILES string of the molecule is C=C(Cl)CSc1nnc(CNC(=O)/C=C/c2ccc(OC)cc2)n1-c1ccc(OC)cc1. The minimum absolute atomic E-state index is 0.202. The number of benzene rings is 2. The maximum Gasteiger partial charge on any atom is 0.244 e. The largest absolute Gasteiger partial charge is 0.497 e. The Kier molecular flexibility index (Phi) is 8.35. The summed E-state index contributed by atoms with van der Waals surface area (Å²) in [5.74, 6) is 2.34. The van der Waals surface area contributed by atoms with Crippen LogP contribution in [0.4, 0.5) is 0 Å². The predicted molar refractivity (Wildman–Crippen MR) is 128 cm³/mol. The highest BCUT2D eigenvalue weighted by Crippen LogP contribution is 2.25. The van der Waals surface area contributed by atoms with Crippen LogP contribution in [0, 0.1) is 0 Å². The molecule has 7 nitrogen and oxygen atoms in total. The van der Waals surface area contributed by atoms with Gasteiger partial charge in [-0.15, -0.1) is 10.2 Å². The monoisotopic (exact) mass is 470 g/mol. The number of thioether (sulfide) groups is 1. The molecule has 1 amide bonds. The Morgan fingerprint density at radius 3 is 2.31 bits per heavy atom. The number of ether oxygens (including phenoxy) is 2. The molecule has 2 aromatic carbocycles. The summed E-state index contributed by atoms with van der Waals surface area (Å²) in [5, 5.41) is 12.5. The Morgan fingerprint density at radius 2 is 1.72 bits per heavy atom. The van der Waals surface area contributed by atoms with Crippen LogP contribution in [0.1, 0.15) is 11.4 Å². The number of hydrogen-bond donors (Lipinski definition) is 1. The fraction of sp³-hybridized carbons (Fsp3) is 0.174. The highest BCUT2D eigenvalue weighted by atomic mass is 35.5. The number of carbonyl (C=O) groups excluding carboxylic acids is 1. The van der Waals surface area contributed by atoms with Crippen molar-refractivity contribution in [2.75, 3.05) is 20.0 Å². The lowest BCUT2D eigenvalue weighted by atomic mass is 10.2. The van der Waals surface area contributed by atoms with Crippen molar-refractivity contribution in [2.45, 2.75) is 11.7 Å². The molecular weight excluding hydrogens is 448 g/mol. The predicted octanol–water partition coefficient (Wildman–Crippen LogP) is 4.46. The van der Waals surface area contributed by atoms with Gasteiger partial charge in [-0.05, 0) is 48.0 Å². The fourth-order valence-electron chi connectivity index (χ4n) is 2.75. The van der Waals surface area contributed by atoms with Crippen molar-refractivity contribution in [1.82, 2.24) is 20.1 Å². The first-order valence-electron chi connectivity index (χ1n) is 9.65. The number of rotatable bonds is 10. The number of nitrogens with zero attached hydrogens (tertiary/aromatic N) is 3. The summed E-state index contributed by atoms with van der Waals surface area (Å²) in [6.07, 6.45) is 3.21. The second-order valence-electron chi connectivity index (χ2n) is 6.56. The van der Waals surface area contributed by atoms with Crippen LogP contribution in [0.15, 0.2) is 71.4 Å². The van der Waals surface area contributed by atoms with Crippen LogP contribution in [-0.2, 0) is 11.3 Å². The summed E-state index contributed by atoms with van der Waals surface area (Å²) in [6.45, 7) is 3.92. The first-order valence-corrected chi connectivity index (χ1v) is 11.0. The topological polar surface area (TPSA) is 78.3 Å². The van der Waals surface area contributed by atoms with E-state index in [0.29, 0.717) is 21.8 Å². The van der Waals surface area contributed by atoms with E-state index in [0.717, 1.165) is 22.7 Å². The zero-order valence-electron chi connectivity index (χ0n) is 17.7. The second-order valence-corrected chi connectivity index (χ2v) is 8.04. The molecule has 1 aromatic heterocycles. The molecule has 9 heteroatoms. The molecule has 0 atom stereocenters. The third-order valence-corrected chi connectivity index (χ3v) is 5.66. The molecule has 1 heterocycles. The maximum absolute atomic E-state index is 12.3. The van der Waals surface area contributed by atoms with E-state index in [2.05, 4.69) is 22.1 Å². The second kappa shape index (κ2) is 11.4. The van der Waals surface area contributed by atoms with Crippen LogP contribution in [0.2, 0.25) is 0 Å². The van der Waals surface area contributed by atoms with Gasteiger partial charge in [0.25, 0.3) is 0 Å². The number of hydrogen-bond acceptors (Lipinski definition) is 6. The lowest BCUT2D eigenvalue weighted by molar-refractivity contribution is -0.116. The molecule has 0 saturated carbocycles. The van der Waals surface area contributed by atoms with Gasteiger partial charge in [-0.2, -0.15) is 0 Å². The lowest BCUT2D eigenvalue weighted by Crippen LogP contribution is -2.22. The molecule has 166 valence electrons. The van der Waals surface area contributed by atoms with Crippen molar-refractivity contribution in [2.24, 2.45) is 0 Å². The standard InChI is InChI=1S/C23H23ClN4O3S/c1-16(24)15-32-23-27-26-21(28(23)18-7-11-20(31-3)12-8-18)14-25-22(29)13-6-17-4-9-19(30-2)10-5-17/h4-13H,1,14-15H2,2-3H3,(H,25,29)/b13-6+. The third kappa shape index (κ3) is 6.38. The number of nitrogens with one attached hydrogen (secondary N) is 1. The zero-order chi connectivity index (χ0) is 22.9. The molecule has 0 aliphatic heterocycles. The third-order valence-electron chi connectivity index (χ3n) is 4.35. The van der Waals surface area contributed by atoms with Gasteiger partial charge < -0.3 is 14.8 Å². The Labute approximate surface area is 196 Å². The minimum Gasteiger partial charge on any atom is -0.497 e. The average Bonchev–Trinajstić information content (AvgIpc) is 3.23. The van der Waals surface area contributed by atoms with E-state index in [-0.39, 0.29) is 12.5 Å². The number of amides is 1. The molecule has 0 aliphatic rings. The lowest BCUT2D eigenvalue weighted by Gasteiger charge is -2.11. The van der Waals surface area contributed by atoms with Crippen LogP contribution in [0.5, 0.6) is 11.5 Å². The molecule has 1 N–H and O–H groups in total. The quantitative estimate of drug-likeness (QED) is 0.348. The van der Waals surface area contributed by atoms with E-state index in [1.54, 1.807) is 20.3 Å². The summed E-state index contributed by atoms with van der Waals surface area (Å²) < 4.78 is 12.2. The molecule has 3 rings (SSSR count). The van der Waals surface area contributed by atoms with Gasteiger partial charge in [-0.1, -0.05) is 42.1 Å². The van der Waals surface area contributed by atoms with Gasteiger partial charge in [0.05, 0.1) is 20.8 Å². The van der Waals surface area contributed by atoms with E-state index < -0.39 is 0 Å². The van der Waals surface area contributed by atoms with Gasteiger partial charge >= 0.3 is 0 Å². The maximum atomic E-state index is 12.3. The molecule has 0 aliphatic carbocycles. The van der Waals surface area contributed by atoms with Crippen LogP contribution >= 0.6 is 23.4 Å². The molecule has 0 fully saturated rings. The summed E-state index contributed by atoms with van der Waals surface area (Å²) in [5.41, 5.74) is 1.74. The number of aromatic nitrogens is 3. The summed E-state index contributed by atoms with van der Waals surface area (Å²) in [6, 6.07) is 14.9. The number of methoxy groups -OCH3 is 2. The van der Waals surface area contributed by atoms with Crippen LogP contribution in [0.25, 0.3) is 11.8 Å². The summed E-state index contributed by atoms with van der Waals surface area (Å²) >= 11 is 7.33. The summed E-state index contributed by atoms with van der Waals surface area (Å²) in [4.78, 5) is 12.3. The number of carbonyl (C=O) groups is 1. The number of halogens is 1. The van der Waals surface area contributed by atoms with Crippen molar-refractivity contribution < 1.29 is 14.3 Å². The van der Waals surface area contributed by atoms with Gasteiger partial charge in [0, 0.05) is 22.5 Å². The molecule has 0 bridgehead atoms. The van der Waals surface area contributed by atoms with E-state index in [1.807, 2.05) is 53.1 Å². The van der Waals surface area contributed by atoms with E-state index >= 15 is 0 Å². The minimum atomic E-state index is -0.242. The fourth-order valence-corrected chi connectivity index (χ4v) is 3.64. The van der Waals surface area contributed by atoms with Crippen LogP contribution in [0.3, 0.4) is 0 Å². The highest BCUT2D eigenvalue weighted by molar-refractivity contribution is 7.99. The Morgan fingerprint density at radius 1 is 1.09 bits per heavy atom. The van der Waals surface area contributed by atoms with E-state index in [1.165, 1.54) is 17.8 Å². The summed E-state index contributed by atoms with van der Waals surface area (Å²) in [7, 11) is 3.22. The molecule has 0 radical (unpaired) electrons. The molecule has 3 aromatic rings. The van der Waals surface area contributed by atoms with Gasteiger partial charge in [0.15, 0.2) is 11.0 Å². The normalized spacial score (nSPS) is 10.8. The highest BCUT2D eigenvalue weighted by Gasteiger charge is 2.15. The molecule has 0 saturated heterocycles. The van der Waals surface area contributed by atoms with Gasteiger partial charge in [0.1, 0.15) is 11.5 Å². The Bertz CT molecular complexity index is 1100. The van der Waals surface area contributed by atoms with E-state index in [4.69, 9.17) is 21.1 Å². The Balaban J connectivity index is 1.73. The van der Waals surface area contributed by atoms with E-state index in [9.17, 15) is 4.79 Å². The molecule has 0 spiro atoms. The van der Waals surface area contributed by atoms with Crippen molar-refractivity contribution in [3.05, 3.63) is 77.6 Å². The van der Waals surface area contributed by atoms with Crippen molar-refractivity contribution >= 4 is 35.3 Å². The average molecular weight is 471 g/mol. The van der Waals surface area contributed by atoms with Crippen LogP contribution < -0.4 is 14.8 Å². The molecule has 32 heavy (non-hydrogen) atoms.